The molecule has 0 aliphatic heterocycles. The highest BCUT2D eigenvalue weighted by molar-refractivity contribution is 8.08. The van der Waals surface area contributed by atoms with Crippen molar-refractivity contribution in [3.8, 4) is 0 Å². The van der Waals surface area contributed by atoms with E-state index >= 15 is 0 Å². The van der Waals surface area contributed by atoms with E-state index in [4.69, 9.17) is 20.9 Å². The first-order valence-electron chi connectivity index (χ1n) is 6.83. The Labute approximate surface area is 131 Å². The van der Waals surface area contributed by atoms with Gasteiger partial charge in [-0.05, 0) is 23.8 Å². The fourth-order valence-corrected chi connectivity index (χ4v) is 3.65. The van der Waals surface area contributed by atoms with Gasteiger partial charge in [-0.15, -0.1) is 0 Å². The Morgan fingerprint density at radius 1 is 1.29 bits per heavy atom. The van der Waals surface area contributed by atoms with E-state index in [1.165, 1.54) is 14.2 Å². The van der Waals surface area contributed by atoms with Gasteiger partial charge in [0, 0.05) is 27.3 Å². The van der Waals surface area contributed by atoms with E-state index in [0.717, 1.165) is 12.0 Å². The first-order chi connectivity index (χ1) is 10.1. The standard InChI is InChI=1S/C14H23N2O3PS/c1-4-10-16(20(21,18-2)19-3)12-14(17)15-11-13-8-6-5-7-9-13/h5-9H,4,10-12H2,1-3H3,(H,15,17). The summed E-state index contributed by atoms with van der Waals surface area (Å²) in [5.41, 5.74) is 1.06. The third kappa shape index (κ3) is 5.85. The number of nitrogens with one attached hydrogen (secondary N) is 1. The van der Waals surface area contributed by atoms with E-state index in [-0.39, 0.29) is 12.5 Å². The van der Waals surface area contributed by atoms with Crippen LogP contribution in [0.2, 0.25) is 0 Å². The molecule has 1 aromatic carbocycles. The summed E-state index contributed by atoms with van der Waals surface area (Å²) >= 11 is 5.40. The molecule has 0 unspecified atom stereocenters. The highest BCUT2D eigenvalue weighted by atomic mass is 32.5. The zero-order valence-electron chi connectivity index (χ0n) is 12.7. The van der Waals surface area contributed by atoms with Gasteiger partial charge >= 0.3 is 0 Å². The van der Waals surface area contributed by atoms with E-state index in [0.29, 0.717) is 13.1 Å². The second kappa shape index (κ2) is 9.28. The van der Waals surface area contributed by atoms with Crippen LogP contribution in [0.1, 0.15) is 18.9 Å². The molecule has 21 heavy (non-hydrogen) atoms. The van der Waals surface area contributed by atoms with Crippen LogP contribution >= 0.6 is 6.64 Å². The van der Waals surface area contributed by atoms with Gasteiger partial charge in [0.25, 0.3) is 6.64 Å². The van der Waals surface area contributed by atoms with E-state index in [1.54, 1.807) is 0 Å². The molecule has 118 valence electrons. The maximum Gasteiger partial charge on any atom is 0.263 e. The van der Waals surface area contributed by atoms with E-state index in [9.17, 15) is 4.79 Å². The number of benzene rings is 1. The summed E-state index contributed by atoms with van der Waals surface area (Å²) in [5.74, 6) is -0.0874. The van der Waals surface area contributed by atoms with Gasteiger partial charge in [0.2, 0.25) is 5.91 Å². The predicted octanol–water partition coefficient (Wildman–Crippen LogP) is 2.53. The number of amides is 1. The van der Waals surface area contributed by atoms with Crippen molar-refractivity contribution in [2.75, 3.05) is 27.3 Å². The fraction of sp³-hybridized carbons (Fsp3) is 0.500. The largest absolute Gasteiger partial charge is 0.351 e. The van der Waals surface area contributed by atoms with Crippen LogP contribution in [0.3, 0.4) is 0 Å². The molecule has 0 aliphatic rings. The summed E-state index contributed by atoms with van der Waals surface area (Å²) < 4.78 is 12.4. The minimum Gasteiger partial charge on any atom is -0.351 e. The molecule has 7 heteroatoms. The molecule has 0 aromatic heterocycles. The second-order valence-electron chi connectivity index (χ2n) is 4.48. The zero-order valence-corrected chi connectivity index (χ0v) is 14.5. The highest BCUT2D eigenvalue weighted by Crippen LogP contribution is 2.50. The Bertz CT molecular complexity index is 476. The van der Waals surface area contributed by atoms with Crippen LogP contribution in [0.5, 0.6) is 0 Å². The summed E-state index contributed by atoms with van der Waals surface area (Å²) in [6, 6.07) is 9.78. The minimum absolute atomic E-state index is 0.0874. The third-order valence-electron chi connectivity index (χ3n) is 2.95. The summed E-state index contributed by atoms with van der Waals surface area (Å²) in [4.78, 5) is 12.1. The SMILES string of the molecule is CCCN(CC(=O)NCc1ccccc1)P(=S)(OC)OC. The quantitative estimate of drug-likeness (QED) is 0.705. The Morgan fingerprint density at radius 2 is 1.90 bits per heavy atom. The lowest BCUT2D eigenvalue weighted by atomic mass is 10.2. The molecule has 1 rings (SSSR count). The second-order valence-corrected chi connectivity index (χ2v) is 8.10. The molecule has 0 saturated carbocycles. The van der Waals surface area contributed by atoms with E-state index in [2.05, 4.69) is 5.32 Å². The molecular weight excluding hydrogens is 307 g/mol. The Kier molecular flexibility index (Phi) is 8.07. The van der Waals surface area contributed by atoms with Crippen LogP contribution in [0.25, 0.3) is 0 Å². The first-order valence-corrected chi connectivity index (χ1v) is 9.42. The Balaban J connectivity index is 2.58. The molecule has 0 heterocycles. The van der Waals surface area contributed by atoms with Crippen LogP contribution in [0, 0.1) is 0 Å². The summed E-state index contributed by atoms with van der Waals surface area (Å²) in [5, 5.41) is 2.89. The number of hydrogen-bond acceptors (Lipinski definition) is 4. The van der Waals surface area contributed by atoms with Crippen molar-refractivity contribution in [2.45, 2.75) is 19.9 Å². The van der Waals surface area contributed by atoms with Gasteiger partial charge in [-0.25, -0.2) is 4.67 Å². The normalized spacial score (nSPS) is 11.6. The summed E-state index contributed by atoms with van der Waals surface area (Å²) in [7, 11) is 3.05. The molecule has 0 atom stereocenters. The van der Waals surface area contributed by atoms with Crippen LogP contribution in [-0.2, 0) is 32.2 Å². The molecule has 5 nitrogen and oxygen atoms in total. The van der Waals surface area contributed by atoms with Crippen molar-refractivity contribution in [2.24, 2.45) is 0 Å². The van der Waals surface area contributed by atoms with Gasteiger partial charge < -0.3 is 14.4 Å². The highest BCUT2D eigenvalue weighted by Gasteiger charge is 2.27. The Morgan fingerprint density at radius 3 is 2.43 bits per heavy atom. The molecule has 1 amide bonds. The van der Waals surface area contributed by atoms with Crippen molar-refractivity contribution < 1.29 is 13.8 Å². The van der Waals surface area contributed by atoms with Crippen LogP contribution < -0.4 is 5.32 Å². The van der Waals surface area contributed by atoms with Crippen LogP contribution in [-0.4, -0.2) is 37.9 Å². The van der Waals surface area contributed by atoms with Crippen molar-refractivity contribution in [3.05, 3.63) is 35.9 Å². The van der Waals surface area contributed by atoms with Gasteiger partial charge in [-0.3, -0.25) is 4.79 Å². The van der Waals surface area contributed by atoms with Crippen molar-refractivity contribution >= 4 is 24.4 Å². The topological polar surface area (TPSA) is 50.8 Å². The number of nitrogens with zero attached hydrogens (tertiary/aromatic N) is 1. The number of carbonyl (C=O) groups is 1. The van der Waals surface area contributed by atoms with Gasteiger partial charge in [-0.2, -0.15) is 0 Å². The lowest BCUT2D eigenvalue weighted by Gasteiger charge is -2.30. The third-order valence-corrected chi connectivity index (χ3v) is 6.49. The number of hydrogen-bond donors (Lipinski definition) is 1. The molecule has 0 radical (unpaired) electrons. The molecule has 0 aliphatic carbocycles. The lowest BCUT2D eigenvalue weighted by molar-refractivity contribution is -0.121. The van der Waals surface area contributed by atoms with Crippen LogP contribution in [0.4, 0.5) is 0 Å². The summed E-state index contributed by atoms with van der Waals surface area (Å²) in [6.45, 7) is 0.823. The van der Waals surface area contributed by atoms with Crippen molar-refractivity contribution in [3.63, 3.8) is 0 Å². The molecule has 1 N–H and O–H groups in total. The average Bonchev–Trinajstić information content (AvgIpc) is 2.52. The summed E-state index contributed by atoms with van der Waals surface area (Å²) in [6.07, 6.45) is 0.872. The van der Waals surface area contributed by atoms with Crippen molar-refractivity contribution in [1.82, 2.24) is 9.99 Å². The fourth-order valence-electron chi connectivity index (χ4n) is 1.87. The van der Waals surface area contributed by atoms with Gasteiger partial charge in [-0.1, -0.05) is 37.3 Å². The monoisotopic (exact) mass is 330 g/mol. The molecule has 0 saturated heterocycles. The zero-order chi connectivity index (χ0) is 15.7. The van der Waals surface area contributed by atoms with Gasteiger partial charge in [0.15, 0.2) is 0 Å². The smallest absolute Gasteiger partial charge is 0.263 e. The van der Waals surface area contributed by atoms with Gasteiger partial charge in [0.05, 0.1) is 6.54 Å². The molecule has 0 fully saturated rings. The van der Waals surface area contributed by atoms with E-state index in [1.807, 2.05) is 41.9 Å². The minimum atomic E-state index is -2.55. The molecule has 0 spiro atoms. The first kappa shape index (κ1) is 18.3. The maximum atomic E-state index is 12.1. The maximum absolute atomic E-state index is 12.1. The average molecular weight is 330 g/mol. The van der Waals surface area contributed by atoms with E-state index < -0.39 is 6.64 Å². The van der Waals surface area contributed by atoms with Gasteiger partial charge in [0.1, 0.15) is 0 Å². The lowest BCUT2D eigenvalue weighted by Crippen LogP contribution is -2.36. The Hall–Kier alpha value is -0.780. The van der Waals surface area contributed by atoms with Crippen molar-refractivity contribution in [1.29, 1.82) is 0 Å². The van der Waals surface area contributed by atoms with Crippen LogP contribution in [0.15, 0.2) is 30.3 Å². The molecule has 0 bridgehead atoms. The predicted molar refractivity (Wildman–Crippen MR) is 88.5 cm³/mol. The number of rotatable bonds is 9. The molecule has 1 aromatic rings. The molecular formula is C14H23N2O3PS. The number of carbonyl (C=O) groups excluding carboxylic acids is 1.